The van der Waals surface area contributed by atoms with Crippen molar-refractivity contribution < 1.29 is 28.8 Å². The zero-order valence-electron chi connectivity index (χ0n) is 18.1. The monoisotopic (exact) mass is 461 g/mol. The largest absolute Gasteiger partial charge is 0.495 e. The lowest BCUT2D eigenvalue weighted by atomic mass is 9.76. The molecule has 4 aliphatic rings. The molecule has 10 nitrogen and oxygen atoms in total. The van der Waals surface area contributed by atoms with E-state index in [0.29, 0.717) is 19.4 Å². The van der Waals surface area contributed by atoms with E-state index in [0.717, 1.165) is 11.0 Å². The van der Waals surface area contributed by atoms with Crippen LogP contribution in [0.15, 0.2) is 42.5 Å². The summed E-state index contributed by atoms with van der Waals surface area (Å²) >= 11 is 0. The predicted molar refractivity (Wildman–Crippen MR) is 117 cm³/mol. The van der Waals surface area contributed by atoms with E-state index in [-0.39, 0.29) is 28.3 Å². The molecular formula is C24H19N3O7. The van der Waals surface area contributed by atoms with E-state index in [9.17, 15) is 29.3 Å². The first-order valence-electron chi connectivity index (χ1n) is 11.0. The third-order valence-electron chi connectivity index (χ3n) is 7.69. The molecule has 3 saturated heterocycles. The van der Waals surface area contributed by atoms with Crippen LogP contribution in [0.3, 0.4) is 0 Å². The number of rotatable bonds is 3. The SMILES string of the molecule is COc1ccc([N+](=O)[O-])cc1N1C(=O)[C@H]2[C@@H](C1=O)C1(C(=O)c3ccccc3C1=O)N1CCC[C@@H]21. The van der Waals surface area contributed by atoms with Gasteiger partial charge in [0.1, 0.15) is 11.4 Å². The van der Waals surface area contributed by atoms with E-state index in [2.05, 4.69) is 0 Å². The van der Waals surface area contributed by atoms with E-state index < -0.39 is 51.7 Å². The molecule has 10 heteroatoms. The molecule has 3 aliphatic heterocycles. The van der Waals surface area contributed by atoms with Gasteiger partial charge in [0.25, 0.3) is 5.69 Å². The van der Waals surface area contributed by atoms with Crippen molar-refractivity contribution in [2.24, 2.45) is 11.8 Å². The summed E-state index contributed by atoms with van der Waals surface area (Å²) in [4.78, 5) is 68.7. The molecule has 0 aromatic heterocycles. The highest BCUT2D eigenvalue weighted by Gasteiger charge is 2.77. The van der Waals surface area contributed by atoms with Crippen LogP contribution in [0.5, 0.6) is 5.75 Å². The highest BCUT2D eigenvalue weighted by Crippen LogP contribution is 2.57. The molecule has 0 bridgehead atoms. The molecule has 34 heavy (non-hydrogen) atoms. The third-order valence-corrected chi connectivity index (χ3v) is 7.69. The summed E-state index contributed by atoms with van der Waals surface area (Å²) < 4.78 is 5.29. The predicted octanol–water partition coefficient (Wildman–Crippen LogP) is 2.00. The molecule has 0 saturated carbocycles. The summed E-state index contributed by atoms with van der Waals surface area (Å²) in [6, 6.07) is 9.69. The summed E-state index contributed by atoms with van der Waals surface area (Å²) in [5.74, 6) is -4.19. The number of ketones is 2. The Morgan fingerprint density at radius 3 is 2.32 bits per heavy atom. The zero-order valence-corrected chi connectivity index (χ0v) is 18.1. The van der Waals surface area contributed by atoms with Crippen molar-refractivity contribution in [1.29, 1.82) is 0 Å². The number of hydrogen-bond acceptors (Lipinski definition) is 8. The van der Waals surface area contributed by atoms with E-state index in [1.807, 2.05) is 0 Å². The van der Waals surface area contributed by atoms with Crippen LogP contribution in [-0.2, 0) is 9.59 Å². The molecule has 3 atom stereocenters. The number of Topliss-reactive ketones (excluding diaryl/α,β-unsaturated/α-hetero) is 2. The Morgan fingerprint density at radius 1 is 1.03 bits per heavy atom. The number of carbonyl (C=O) groups is 4. The van der Waals surface area contributed by atoms with Crippen molar-refractivity contribution >= 4 is 34.8 Å². The number of benzene rings is 2. The summed E-state index contributed by atoms with van der Waals surface area (Å²) in [5.41, 5.74) is -1.64. The number of ether oxygens (including phenoxy) is 1. The van der Waals surface area contributed by atoms with Gasteiger partial charge in [-0.3, -0.25) is 34.2 Å². The number of hydrogen-bond donors (Lipinski definition) is 0. The fourth-order valence-corrected chi connectivity index (χ4v) is 6.44. The maximum Gasteiger partial charge on any atom is 0.271 e. The topological polar surface area (TPSA) is 127 Å². The van der Waals surface area contributed by atoms with Crippen molar-refractivity contribution in [3.63, 3.8) is 0 Å². The minimum absolute atomic E-state index is 0.0591. The number of anilines is 1. The maximum atomic E-state index is 13.9. The highest BCUT2D eigenvalue weighted by atomic mass is 16.6. The fourth-order valence-electron chi connectivity index (χ4n) is 6.44. The molecular weight excluding hydrogens is 442 g/mol. The van der Waals surface area contributed by atoms with Crippen molar-refractivity contribution in [3.8, 4) is 5.75 Å². The number of fused-ring (bicyclic) bond motifs is 6. The van der Waals surface area contributed by atoms with Crippen LogP contribution < -0.4 is 9.64 Å². The van der Waals surface area contributed by atoms with Crippen LogP contribution in [0, 0.1) is 22.0 Å². The minimum Gasteiger partial charge on any atom is -0.495 e. The average molecular weight is 461 g/mol. The number of non-ortho nitro benzene ring substituents is 1. The molecule has 3 heterocycles. The van der Waals surface area contributed by atoms with E-state index in [1.165, 1.54) is 19.2 Å². The van der Waals surface area contributed by atoms with Crippen LogP contribution in [0.4, 0.5) is 11.4 Å². The minimum atomic E-state index is -1.77. The van der Waals surface area contributed by atoms with Gasteiger partial charge >= 0.3 is 0 Å². The van der Waals surface area contributed by atoms with E-state index >= 15 is 0 Å². The average Bonchev–Trinajstić information content (AvgIpc) is 3.53. The molecule has 0 unspecified atom stereocenters. The van der Waals surface area contributed by atoms with Gasteiger partial charge in [0.2, 0.25) is 11.8 Å². The standard InChI is InChI=1S/C24H19N3O7/c1-34-17-9-8-12(27(32)33)11-16(17)26-22(30)18-15-7-4-10-25(15)24(19(18)23(26)31)20(28)13-5-2-3-6-14(13)21(24)29/h2-3,5-6,8-9,11,15,18-19H,4,7,10H2,1H3/t15-,18+,19-/m0/s1. The lowest BCUT2D eigenvalue weighted by Gasteiger charge is -2.35. The van der Waals surface area contributed by atoms with Crippen LogP contribution >= 0.6 is 0 Å². The lowest BCUT2D eigenvalue weighted by Crippen LogP contribution is -2.59. The lowest BCUT2D eigenvalue weighted by molar-refractivity contribution is -0.384. The Bertz CT molecular complexity index is 1300. The van der Waals surface area contributed by atoms with Crippen LogP contribution in [0.2, 0.25) is 0 Å². The number of methoxy groups -OCH3 is 1. The molecule has 1 spiro atoms. The molecule has 2 amide bonds. The Balaban J connectivity index is 1.54. The van der Waals surface area contributed by atoms with Gasteiger partial charge in [-0.2, -0.15) is 0 Å². The van der Waals surface area contributed by atoms with E-state index in [4.69, 9.17) is 4.74 Å². The van der Waals surface area contributed by atoms with Gasteiger partial charge in [0.15, 0.2) is 17.1 Å². The first-order chi connectivity index (χ1) is 16.3. The van der Waals surface area contributed by atoms with Gasteiger partial charge in [-0.15, -0.1) is 0 Å². The molecule has 3 fully saturated rings. The van der Waals surface area contributed by atoms with Gasteiger partial charge in [-0.1, -0.05) is 24.3 Å². The molecule has 2 aromatic rings. The first kappa shape index (κ1) is 20.7. The number of nitrogens with zero attached hydrogens (tertiary/aromatic N) is 3. The van der Waals surface area contributed by atoms with Crippen LogP contribution in [0.1, 0.15) is 33.6 Å². The number of amides is 2. The molecule has 1 aliphatic carbocycles. The zero-order chi connectivity index (χ0) is 23.9. The van der Waals surface area contributed by atoms with Crippen LogP contribution in [-0.4, -0.2) is 58.4 Å². The van der Waals surface area contributed by atoms with Crippen molar-refractivity contribution in [2.45, 2.75) is 24.4 Å². The summed E-state index contributed by atoms with van der Waals surface area (Å²) in [6.45, 7) is 0.434. The molecule has 2 aromatic carbocycles. The Labute approximate surface area is 193 Å². The second-order valence-corrected chi connectivity index (χ2v) is 9.00. The Kier molecular flexibility index (Phi) is 4.13. The Morgan fingerprint density at radius 2 is 1.71 bits per heavy atom. The number of carbonyl (C=O) groups excluding carboxylic acids is 4. The fraction of sp³-hybridized carbons (Fsp3) is 0.333. The normalized spacial score (nSPS) is 26.9. The van der Waals surface area contributed by atoms with Gasteiger partial charge in [-0.05, 0) is 25.5 Å². The summed E-state index contributed by atoms with van der Waals surface area (Å²) in [7, 11) is 1.33. The van der Waals surface area contributed by atoms with E-state index in [1.54, 1.807) is 29.2 Å². The van der Waals surface area contributed by atoms with Gasteiger partial charge < -0.3 is 4.74 Å². The third kappa shape index (κ3) is 2.23. The highest BCUT2D eigenvalue weighted by molar-refractivity contribution is 6.38. The van der Waals surface area contributed by atoms with Gasteiger partial charge in [-0.25, -0.2) is 4.90 Å². The molecule has 6 rings (SSSR count). The maximum absolute atomic E-state index is 13.9. The summed E-state index contributed by atoms with van der Waals surface area (Å²) in [6.07, 6.45) is 1.26. The number of nitro groups is 1. The van der Waals surface area contributed by atoms with Crippen molar-refractivity contribution in [2.75, 3.05) is 18.6 Å². The second kappa shape index (κ2) is 6.80. The molecule has 172 valence electrons. The van der Waals surface area contributed by atoms with Crippen molar-refractivity contribution in [3.05, 3.63) is 63.7 Å². The van der Waals surface area contributed by atoms with Crippen molar-refractivity contribution in [1.82, 2.24) is 4.90 Å². The first-order valence-corrected chi connectivity index (χ1v) is 11.0. The number of imide groups is 1. The smallest absolute Gasteiger partial charge is 0.271 e. The Hall–Kier alpha value is -3.92. The molecule has 0 N–H and O–H groups in total. The van der Waals surface area contributed by atoms with Gasteiger partial charge in [0.05, 0.1) is 23.9 Å². The quantitative estimate of drug-likeness (QED) is 0.294. The number of nitro benzene ring substituents is 1. The molecule has 0 radical (unpaired) electrons. The van der Waals surface area contributed by atoms with Gasteiger partial charge in [0, 0.05) is 29.3 Å². The second-order valence-electron chi connectivity index (χ2n) is 9.00. The summed E-state index contributed by atoms with van der Waals surface area (Å²) in [5, 5.41) is 11.4. The van der Waals surface area contributed by atoms with Crippen LogP contribution in [0.25, 0.3) is 0 Å².